The van der Waals surface area contributed by atoms with Gasteiger partial charge in [0.15, 0.2) is 0 Å². The number of hydrogen-bond donors (Lipinski definition) is 0. The van der Waals surface area contributed by atoms with E-state index < -0.39 is 23.8 Å². The summed E-state index contributed by atoms with van der Waals surface area (Å²) in [5.74, 6) is 0. The van der Waals surface area contributed by atoms with Gasteiger partial charge in [-0.05, 0) is 82.6 Å². The van der Waals surface area contributed by atoms with Crippen molar-refractivity contribution in [1.82, 2.24) is 0 Å². The minimum Gasteiger partial charge on any atom is -0.0622 e. The van der Waals surface area contributed by atoms with Gasteiger partial charge in [-0.15, -0.1) is 0 Å². The molecule has 0 aliphatic heterocycles. The molecule has 8 aromatic carbocycles. The standard InChI is InChI=1S/C48H37P3/c1-7-22-38(23-8-1)49(39-24-9-2-10-25-39)45-35-20-19-34-44(45)48-46(50(40-26-11-3-12-27-40)41-28-13-4-14-29-41)36-21-37-47(48)51(42-30-15-5-16-31-42)43-32-17-6-18-33-43/h1-37H. The molecule has 3 heteroatoms. The monoisotopic (exact) mass is 706 g/mol. The third-order valence-corrected chi connectivity index (χ3v) is 16.5. The Morgan fingerprint density at radius 2 is 0.431 bits per heavy atom. The van der Waals surface area contributed by atoms with Crippen molar-refractivity contribution < 1.29 is 0 Å². The largest absolute Gasteiger partial charge is 0.0622 e. The summed E-state index contributed by atoms with van der Waals surface area (Å²) in [7, 11) is -2.64. The highest BCUT2D eigenvalue weighted by molar-refractivity contribution is 7.82. The van der Waals surface area contributed by atoms with Crippen LogP contribution in [0.2, 0.25) is 0 Å². The van der Waals surface area contributed by atoms with Crippen LogP contribution in [0.1, 0.15) is 0 Å². The van der Waals surface area contributed by atoms with Gasteiger partial charge < -0.3 is 0 Å². The van der Waals surface area contributed by atoms with Crippen LogP contribution >= 0.6 is 23.8 Å². The summed E-state index contributed by atoms with van der Waals surface area (Å²) in [4.78, 5) is 0. The van der Waals surface area contributed by atoms with Crippen molar-refractivity contribution in [3.05, 3.63) is 224 Å². The second kappa shape index (κ2) is 15.9. The second-order valence-electron chi connectivity index (χ2n) is 12.2. The zero-order valence-corrected chi connectivity index (χ0v) is 30.9. The van der Waals surface area contributed by atoms with Crippen LogP contribution in [-0.2, 0) is 0 Å². The SMILES string of the molecule is c1ccc(P(c2ccccc2)c2ccccc2-c2c(P(c3ccccc3)c3ccccc3)cccc2P(c2ccccc2)c2ccccc2)cc1. The van der Waals surface area contributed by atoms with Crippen LogP contribution in [0.25, 0.3) is 11.1 Å². The van der Waals surface area contributed by atoms with Gasteiger partial charge in [-0.25, -0.2) is 0 Å². The Labute approximate surface area is 305 Å². The van der Waals surface area contributed by atoms with Crippen LogP contribution in [0.5, 0.6) is 0 Å². The number of rotatable bonds is 10. The molecule has 0 aliphatic carbocycles. The van der Waals surface area contributed by atoms with E-state index in [0.717, 1.165) is 0 Å². The van der Waals surface area contributed by atoms with E-state index in [1.54, 1.807) is 0 Å². The first-order chi connectivity index (χ1) is 25.4. The molecule has 0 spiro atoms. The lowest BCUT2D eigenvalue weighted by Gasteiger charge is -2.30. The zero-order chi connectivity index (χ0) is 34.2. The maximum atomic E-state index is 2.41. The van der Waals surface area contributed by atoms with E-state index in [1.165, 1.54) is 58.9 Å². The van der Waals surface area contributed by atoms with Crippen molar-refractivity contribution in [2.75, 3.05) is 0 Å². The minimum atomic E-state index is -0.892. The Morgan fingerprint density at radius 1 is 0.196 bits per heavy atom. The minimum absolute atomic E-state index is 0.856. The van der Waals surface area contributed by atoms with Gasteiger partial charge in [-0.3, -0.25) is 0 Å². The van der Waals surface area contributed by atoms with Gasteiger partial charge in [0, 0.05) is 0 Å². The molecule has 8 rings (SSSR count). The Bertz CT molecular complexity index is 2070. The molecule has 0 unspecified atom stereocenters. The highest BCUT2D eigenvalue weighted by Crippen LogP contribution is 2.44. The van der Waals surface area contributed by atoms with Gasteiger partial charge >= 0.3 is 0 Å². The summed E-state index contributed by atoms with van der Waals surface area (Å²) in [6.07, 6.45) is 0. The predicted octanol–water partition coefficient (Wildman–Crippen LogP) is 8.63. The summed E-state index contributed by atoms with van der Waals surface area (Å²) in [6, 6.07) is 83.2. The van der Waals surface area contributed by atoms with E-state index in [2.05, 4.69) is 224 Å². The second-order valence-corrected chi connectivity index (χ2v) is 18.8. The Hall–Kier alpha value is -4.95. The molecule has 244 valence electrons. The molecule has 51 heavy (non-hydrogen) atoms. The van der Waals surface area contributed by atoms with E-state index in [4.69, 9.17) is 0 Å². The number of benzene rings is 8. The van der Waals surface area contributed by atoms with Crippen molar-refractivity contribution in [2.24, 2.45) is 0 Å². The molecule has 0 atom stereocenters. The molecule has 0 amide bonds. The fourth-order valence-corrected chi connectivity index (χ4v) is 14.3. The van der Waals surface area contributed by atoms with Gasteiger partial charge in [0.1, 0.15) is 0 Å². The fourth-order valence-electron chi connectivity index (χ4n) is 6.80. The third-order valence-electron chi connectivity index (χ3n) is 9.00. The van der Waals surface area contributed by atoms with Crippen LogP contribution in [0.3, 0.4) is 0 Å². The Morgan fingerprint density at radius 3 is 0.745 bits per heavy atom. The van der Waals surface area contributed by atoms with E-state index in [1.807, 2.05) is 0 Å². The lowest BCUT2D eigenvalue weighted by Crippen LogP contribution is -2.31. The van der Waals surface area contributed by atoms with E-state index in [0.29, 0.717) is 0 Å². The van der Waals surface area contributed by atoms with Crippen LogP contribution in [0.15, 0.2) is 224 Å². The first kappa shape index (κ1) is 33.2. The van der Waals surface area contributed by atoms with Gasteiger partial charge in [0.05, 0.1) is 0 Å². The summed E-state index contributed by atoms with van der Waals surface area (Å²) in [5.41, 5.74) is 2.69. The normalized spacial score (nSPS) is 11.3. The van der Waals surface area contributed by atoms with Crippen LogP contribution in [0, 0.1) is 0 Å². The van der Waals surface area contributed by atoms with Gasteiger partial charge in [-0.2, -0.15) is 0 Å². The first-order valence-corrected chi connectivity index (χ1v) is 21.3. The lowest BCUT2D eigenvalue weighted by molar-refractivity contribution is 1.69. The average molecular weight is 707 g/mol. The molecule has 0 heterocycles. The Balaban J connectivity index is 1.48. The Kier molecular flexibility index (Phi) is 10.4. The van der Waals surface area contributed by atoms with Crippen molar-refractivity contribution in [3.8, 4) is 11.1 Å². The maximum absolute atomic E-state index is 2.41. The zero-order valence-electron chi connectivity index (χ0n) is 28.2. The van der Waals surface area contributed by atoms with Gasteiger partial charge in [0.2, 0.25) is 0 Å². The highest BCUT2D eigenvalue weighted by Gasteiger charge is 2.29. The van der Waals surface area contributed by atoms with E-state index in [9.17, 15) is 0 Å². The maximum Gasteiger partial charge on any atom is -0.00100 e. The average Bonchev–Trinajstić information content (AvgIpc) is 3.21. The molecule has 0 nitrogen and oxygen atoms in total. The van der Waals surface area contributed by atoms with E-state index in [-0.39, 0.29) is 0 Å². The molecule has 0 aliphatic rings. The summed E-state index contributed by atoms with van der Waals surface area (Å²) < 4.78 is 0. The molecule has 0 saturated heterocycles. The quantitative estimate of drug-likeness (QED) is 0.125. The number of hydrogen-bond acceptors (Lipinski definition) is 0. The van der Waals surface area contributed by atoms with Crippen LogP contribution in [-0.4, -0.2) is 0 Å². The molecule has 8 aromatic rings. The van der Waals surface area contributed by atoms with Gasteiger partial charge in [0.25, 0.3) is 0 Å². The van der Waals surface area contributed by atoms with Crippen molar-refractivity contribution in [2.45, 2.75) is 0 Å². The molecule has 0 saturated carbocycles. The summed E-state index contributed by atoms with van der Waals surface area (Å²) in [6.45, 7) is 0. The lowest BCUT2D eigenvalue weighted by atomic mass is 10.1. The van der Waals surface area contributed by atoms with Crippen molar-refractivity contribution >= 4 is 71.5 Å². The third kappa shape index (κ3) is 7.15. The smallest absolute Gasteiger partial charge is 0.00100 e. The highest BCUT2D eigenvalue weighted by atomic mass is 31.1. The van der Waals surface area contributed by atoms with Crippen LogP contribution < -0.4 is 47.7 Å². The van der Waals surface area contributed by atoms with Crippen molar-refractivity contribution in [3.63, 3.8) is 0 Å². The molecule has 0 N–H and O–H groups in total. The summed E-state index contributed by atoms with van der Waals surface area (Å²) >= 11 is 0. The molecule has 0 radical (unpaired) electrons. The van der Waals surface area contributed by atoms with E-state index >= 15 is 0 Å². The first-order valence-electron chi connectivity index (χ1n) is 17.3. The molecule has 0 fully saturated rings. The van der Waals surface area contributed by atoms with Crippen molar-refractivity contribution in [1.29, 1.82) is 0 Å². The molecular weight excluding hydrogens is 669 g/mol. The van der Waals surface area contributed by atoms with Gasteiger partial charge in [-0.1, -0.05) is 224 Å². The molecule has 0 aromatic heterocycles. The topological polar surface area (TPSA) is 0 Å². The fraction of sp³-hybridized carbons (Fsp3) is 0. The van der Waals surface area contributed by atoms with Crippen LogP contribution in [0.4, 0.5) is 0 Å². The molecule has 0 bridgehead atoms. The molecular formula is C48H37P3. The summed E-state index contributed by atoms with van der Waals surface area (Å²) in [5, 5.41) is 12.3. The predicted molar refractivity (Wildman–Crippen MR) is 228 cm³/mol.